The summed E-state index contributed by atoms with van der Waals surface area (Å²) in [6, 6.07) is 17.8. The maximum absolute atomic E-state index is 12.5. The maximum atomic E-state index is 12.5. The molecule has 162 valence electrons. The Morgan fingerprint density at radius 1 is 1.10 bits per heavy atom. The van der Waals surface area contributed by atoms with Gasteiger partial charge in [-0.15, -0.1) is 23.4 Å². The molecule has 0 bridgehead atoms. The molecule has 9 heteroatoms. The summed E-state index contributed by atoms with van der Waals surface area (Å²) in [6.07, 6.45) is 2.46. The first kappa shape index (κ1) is 23.4. The van der Waals surface area contributed by atoms with E-state index in [1.165, 1.54) is 17.3 Å². The first-order chi connectivity index (χ1) is 15.0. The van der Waals surface area contributed by atoms with Crippen molar-refractivity contribution < 1.29 is 9.59 Å². The van der Waals surface area contributed by atoms with Crippen LogP contribution in [0, 0.1) is 0 Å². The van der Waals surface area contributed by atoms with Crippen molar-refractivity contribution in [2.24, 2.45) is 0 Å². The highest BCUT2D eigenvalue weighted by atomic mass is 79.9. The molecule has 3 rings (SSSR count). The highest BCUT2D eigenvalue weighted by Gasteiger charge is 2.18. The van der Waals surface area contributed by atoms with E-state index in [0.29, 0.717) is 24.7 Å². The third-order valence-corrected chi connectivity index (χ3v) is 6.02. The van der Waals surface area contributed by atoms with Crippen molar-refractivity contribution >= 4 is 56.8 Å². The molecule has 1 heterocycles. The molecular weight excluding hydrogens is 500 g/mol. The number of nitrogens with one attached hydrogen (secondary N) is 2. The van der Waals surface area contributed by atoms with E-state index in [2.05, 4.69) is 31.7 Å². The number of hydrogen-bond donors (Lipinski definition) is 2. The van der Waals surface area contributed by atoms with Crippen molar-refractivity contribution in [3.05, 3.63) is 76.5 Å². The van der Waals surface area contributed by atoms with Crippen LogP contribution in [0.25, 0.3) is 0 Å². The van der Waals surface area contributed by atoms with Crippen LogP contribution >= 0.6 is 39.3 Å². The van der Waals surface area contributed by atoms with E-state index in [1.807, 2.05) is 54.6 Å². The number of amides is 2. The number of halogens is 2. The van der Waals surface area contributed by atoms with Crippen LogP contribution in [-0.2, 0) is 17.8 Å². The largest absolute Gasteiger partial charge is 0.349 e. The van der Waals surface area contributed by atoms with Crippen LogP contribution in [0.2, 0.25) is 0 Å². The van der Waals surface area contributed by atoms with Crippen LogP contribution in [0.4, 0.5) is 5.69 Å². The third kappa shape index (κ3) is 7.41. The molecule has 0 aliphatic carbocycles. The average molecular weight is 522 g/mol. The Morgan fingerprint density at radius 2 is 1.84 bits per heavy atom. The normalized spacial score (nSPS) is 10.6. The van der Waals surface area contributed by atoms with E-state index in [1.54, 1.807) is 10.9 Å². The number of anilines is 1. The Balaban J connectivity index is 1.66. The lowest BCUT2D eigenvalue weighted by molar-refractivity contribution is -0.113. The van der Waals surface area contributed by atoms with Crippen molar-refractivity contribution in [3.8, 4) is 0 Å². The Hall–Kier alpha value is -2.29. The van der Waals surface area contributed by atoms with Gasteiger partial charge in [-0.3, -0.25) is 14.3 Å². The fraction of sp³-hybridized carbons (Fsp3) is 0.227. The van der Waals surface area contributed by atoms with Crippen molar-refractivity contribution in [2.75, 3.05) is 23.5 Å². The number of hydrogen-bond acceptors (Lipinski definition) is 4. The zero-order valence-electron chi connectivity index (χ0n) is 16.7. The third-order valence-electron chi connectivity index (χ3n) is 4.29. The lowest BCUT2D eigenvalue weighted by atomic mass is 10.1. The molecule has 2 aromatic carbocycles. The molecule has 1 aromatic heterocycles. The van der Waals surface area contributed by atoms with E-state index in [-0.39, 0.29) is 23.3 Å². The van der Waals surface area contributed by atoms with Gasteiger partial charge in [-0.1, -0.05) is 46.3 Å². The minimum absolute atomic E-state index is 0.181. The Bertz CT molecular complexity index is 1010. The topological polar surface area (TPSA) is 76.0 Å². The molecule has 0 radical (unpaired) electrons. The van der Waals surface area contributed by atoms with Crippen molar-refractivity contribution in [1.82, 2.24) is 15.1 Å². The molecule has 0 aliphatic rings. The molecule has 0 saturated heterocycles. The summed E-state index contributed by atoms with van der Waals surface area (Å²) in [7, 11) is 0. The zero-order valence-corrected chi connectivity index (χ0v) is 19.8. The molecule has 31 heavy (non-hydrogen) atoms. The number of carbonyl (C=O) groups is 2. The number of benzene rings is 2. The molecule has 0 fully saturated rings. The number of thioether (sulfide) groups is 1. The number of aryl methyl sites for hydroxylation is 2. The molecule has 0 unspecified atom stereocenters. The van der Waals surface area contributed by atoms with Gasteiger partial charge in [-0.25, -0.2) is 0 Å². The Morgan fingerprint density at radius 3 is 2.55 bits per heavy atom. The fourth-order valence-corrected chi connectivity index (χ4v) is 3.85. The molecular formula is C22H22BrClN4O2S. The lowest BCUT2D eigenvalue weighted by Crippen LogP contribution is -2.27. The zero-order chi connectivity index (χ0) is 22.1. The van der Waals surface area contributed by atoms with Crippen LogP contribution in [0.1, 0.15) is 16.1 Å². The molecule has 0 aliphatic heterocycles. The van der Waals surface area contributed by atoms with Gasteiger partial charge < -0.3 is 10.6 Å². The van der Waals surface area contributed by atoms with Crippen molar-refractivity contribution in [1.29, 1.82) is 0 Å². The van der Waals surface area contributed by atoms with Crippen LogP contribution in [-0.4, -0.2) is 39.8 Å². The Labute approximate surface area is 198 Å². The van der Waals surface area contributed by atoms with E-state index >= 15 is 0 Å². The van der Waals surface area contributed by atoms with Gasteiger partial charge in [0, 0.05) is 34.5 Å². The van der Waals surface area contributed by atoms with Crippen LogP contribution in [0.3, 0.4) is 0 Å². The smallest absolute Gasteiger partial charge is 0.274 e. The summed E-state index contributed by atoms with van der Waals surface area (Å²) < 4.78 is 2.66. The second-order valence-electron chi connectivity index (χ2n) is 6.63. The molecule has 0 spiro atoms. The monoisotopic (exact) mass is 520 g/mol. The summed E-state index contributed by atoms with van der Waals surface area (Å²) in [5.74, 6) is -0.0529. The minimum atomic E-state index is -0.366. The fourth-order valence-electron chi connectivity index (χ4n) is 2.79. The van der Waals surface area contributed by atoms with Gasteiger partial charge in [-0.2, -0.15) is 5.10 Å². The van der Waals surface area contributed by atoms with Gasteiger partial charge in [-0.05, 0) is 36.2 Å². The summed E-state index contributed by atoms with van der Waals surface area (Å²) in [5, 5.41) is 9.92. The number of alkyl halides is 1. The van der Waals surface area contributed by atoms with Crippen LogP contribution in [0.15, 0.2) is 70.2 Å². The number of rotatable bonds is 10. The standard InChI is InChI=1S/C22H22BrClN4O2S/c23-17-6-8-18(9-7-17)31-15-20(29)26-19-14-28(13-10-16-4-2-1-3-5-16)27-21(19)22(30)25-12-11-24/h1-9,14H,10-13,15H2,(H,25,30)(H,26,29). The van der Waals surface area contributed by atoms with E-state index < -0.39 is 0 Å². The van der Waals surface area contributed by atoms with Crippen LogP contribution in [0.5, 0.6) is 0 Å². The SMILES string of the molecule is O=C(CSc1ccc(Br)cc1)Nc1cn(CCc2ccccc2)nc1C(=O)NCCCl. The highest BCUT2D eigenvalue weighted by Crippen LogP contribution is 2.21. The summed E-state index contributed by atoms with van der Waals surface area (Å²) in [6.45, 7) is 0.910. The molecule has 2 amide bonds. The summed E-state index contributed by atoms with van der Waals surface area (Å²) >= 11 is 10.5. The van der Waals surface area contributed by atoms with Gasteiger partial charge >= 0.3 is 0 Å². The average Bonchev–Trinajstić information content (AvgIpc) is 3.19. The van der Waals surface area contributed by atoms with Gasteiger partial charge in [0.25, 0.3) is 5.91 Å². The quantitative estimate of drug-likeness (QED) is 0.302. The predicted molar refractivity (Wildman–Crippen MR) is 129 cm³/mol. The van der Waals surface area contributed by atoms with Crippen molar-refractivity contribution in [3.63, 3.8) is 0 Å². The number of aromatic nitrogens is 2. The lowest BCUT2D eigenvalue weighted by Gasteiger charge is -2.06. The second-order valence-corrected chi connectivity index (χ2v) is 8.97. The Kier molecular flexibility index (Phi) is 8.99. The molecule has 0 atom stereocenters. The van der Waals surface area contributed by atoms with Crippen LogP contribution < -0.4 is 10.6 Å². The minimum Gasteiger partial charge on any atom is -0.349 e. The second kappa shape index (κ2) is 11.9. The molecule has 2 N–H and O–H groups in total. The van der Waals surface area contributed by atoms with E-state index in [9.17, 15) is 9.59 Å². The first-order valence-electron chi connectivity index (χ1n) is 9.69. The van der Waals surface area contributed by atoms with Gasteiger partial charge in [0.2, 0.25) is 5.91 Å². The van der Waals surface area contributed by atoms with Gasteiger partial charge in [0.05, 0.1) is 11.4 Å². The maximum Gasteiger partial charge on any atom is 0.274 e. The van der Waals surface area contributed by atoms with Crippen molar-refractivity contribution in [2.45, 2.75) is 17.9 Å². The number of nitrogens with zero attached hydrogens (tertiary/aromatic N) is 2. The highest BCUT2D eigenvalue weighted by molar-refractivity contribution is 9.10. The molecule has 6 nitrogen and oxygen atoms in total. The summed E-state index contributed by atoms with van der Waals surface area (Å²) in [5.41, 5.74) is 1.74. The predicted octanol–water partition coefficient (Wildman–Crippen LogP) is 4.59. The molecule has 0 saturated carbocycles. The summed E-state index contributed by atoms with van der Waals surface area (Å²) in [4.78, 5) is 26.0. The molecule has 3 aromatic rings. The van der Waals surface area contributed by atoms with E-state index in [4.69, 9.17) is 11.6 Å². The van der Waals surface area contributed by atoms with Gasteiger partial charge in [0.15, 0.2) is 5.69 Å². The van der Waals surface area contributed by atoms with Gasteiger partial charge in [0.1, 0.15) is 0 Å². The van der Waals surface area contributed by atoms with E-state index in [0.717, 1.165) is 15.8 Å². The number of carbonyl (C=O) groups excluding carboxylic acids is 2. The first-order valence-corrected chi connectivity index (χ1v) is 12.0.